The lowest BCUT2D eigenvalue weighted by Gasteiger charge is -2.03. The Bertz CT molecular complexity index is 345. The van der Waals surface area contributed by atoms with E-state index in [-0.39, 0.29) is 12.3 Å². The lowest BCUT2D eigenvalue weighted by molar-refractivity contribution is 0.304. The fourth-order valence-corrected chi connectivity index (χ4v) is 1.23. The summed E-state index contributed by atoms with van der Waals surface area (Å²) in [6.45, 7) is 3.37. The molecule has 0 aromatic heterocycles. The fraction of sp³-hybridized carbons (Fsp3) is 0.182. The molecule has 1 aromatic rings. The molecule has 1 rings (SSSR count). The molecular formula is C11H13NO2. The van der Waals surface area contributed by atoms with Gasteiger partial charge in [-0.1, -0.05) is 29.4 Å². The SMILES string of the molecule is C=CCc1cccc(C(CO)=NO)c1. The second-order valence-corrected chi connectivity index (χ2v) is 2.90. The summed E-state index contributed by atoms with van der Waals surface area (Å²) < 4.78 is 0. The van der Waals surface area contributed by atoms with E-state index in [1.54, 1.807) is 12.1 Å². The van der Waals surface area contributed by atoms with Crippen LogP contribution in [-0.4, -0.2) is 22.6 Å². The van der Waals surface area contributed by atoms with Gasteiger partial charge in [-0.2, -0.15) is 0 Å². The van der Waals surface area contributed by atoms with Gasteiger partial charge in [-0.25, -0.2) is 0 Å². The van der Waals surface area contributed by atoms with Crippen LogP contribution in [0.1, 0.15) is 11.1 Å². The molecular weight excluding hydrogens is 178 g/mol. The van der Waals surface area contributed by atoms with E-state index in [1.165, 1.54) is 0 Å². The van der Waals surface area contributed by atoms with Gasteiger partial charge in [-0.3, -0.25) is 0 Å². The highest BCUT2D eigenvalue weighted by molar-refractivity contribution is 6.01. The molecule has 0 heterocycles. The van der Waals surface area contributed by atoms with Crippen molar-refractivity contribution >= 4 is 5.71 Å². The molecule has 3 heteroatoms. The molecule has 0 saturated carbocycles. The minimum atomic E-state index is -0.270. The molecule has 0 aliphatic rings. The number of hydrogen-bond acceptors (Lipinski definition) is 3. The van der Waals surface area contributed by atoms with E-state index in [1.807, 2.05) is 18.2 Å². The summed E-state index contributed by atoms with van der Waals surface area (Å²) >= 11 is 0. The van der Waals surface area contributed by atoms with Crippen LogP contribution in [0.25, 0.3) is 0 Å². The average Bonchev–Trinajstić information content (AvgIpc) is 2.21. The first-order chi connectivity index (χ1) is 6.81. The second-order valence-electron chi connectivity index (χ2n) is 2.90. The number of oxime groups is 1. The first-order valence-electron chi connectivity index (χ1n) is 4.33. The predicted octanol–water partition coefficient (Wildman–Crippen LogP) is 1.59. The van der Waals surface area contributed by atoms with Crippen molar-refractivity contribution in [2.45, 2.75) is 6.42 Å². The molecule has 0 spiro atoms. The summed E-state index contributed by atoms with van der Waals surface area (Å²) in [6.07, 6.45) is 2.56. The minimum absolute atomic E-state index is 0.270. The predicted molar refractivity (Wildman–Crippen MR) is 55.8 cm³/mol. The molecule has 1 aromatic carbocycles. The topological polar surface area (TPSA) is 52.8 Å². The number of allylic oxidation sites excluding steroid dienone is 1. The highest BCUT2D eigenvalue weighted by Gasteiger charge is 2.02. The number of aliphatic hydroxyl groups excluding tert-OH is 1. The zero-order valence-corrected chi connectivity index (χ0v) is 7.85. The van der Waals surface area contributed by atoms with Crippen molar-refractivity contribution in [2.75, 3.05) is 6.61 Å². The fourth-order valence-electron chi connectivity index (χ4n) is 1.23. The Morgan fingerprint density at radius 1 is 1.50 bits per heavy atom. The Balaban J connectivity index is 2.98. The third-order valence-corrected chi connectivity index (χ3v) is 1.91. The van der Waals surface area contributed by atoms with Gasteiger partial charge in [0.05, 0.1) is 6.61 Å². The van der Waals surface area contributed by atoms with E-state index in [4.69, 9.17) is 10.3 Å². The second kappa shape index (κ2) is 5.19. The van der Waals surface area contributed by atoms with Gasteiger partial charge in [0.25, 0.3) is 0 Å². The van der Waals surface area contributed by atoms with Crippen molar-refractivity contribution in [3.63, 3.8) is 0 Å². The zero-order chi connectivity index (χ0) is 10.4. The highest BCUT2D eigenvalue weighted by atomic mass is 16.4. The van der Waals surface area contributed by atoms with Gasteiger partial charge in [0.1, 0.15) is 5.71 Å². The van der Waals surface area contributed by atoms with E-state index in [0.717, 1.165) is 17.5 Å². The largest absolute Gasteiger partial charge is 0.411 e. The van der Waals surface area contributed by atoms with Gasteiger partial charge in [-0.15, -0.1) is 6.58 Å². The average molecular weight is 191 g/mol. The first-order valence-corrected chi connectivity index (χ1v) is 4.33. The van der Waals surface area contributed by atoms with E-state index in [2.05, 4.69) is 11.7 Å². The molecule has 14 heavy (non-hydrogen) atoms. The molecule has 0 aliphatic carbocycles. The molecule has 0 radical (unpaired) electrons. The van der Waals surface area contributed by atoms with Crippen molar-refractivity contribution in [1.82, 2.24) is 0 Å². The van der Waals surface area contributed by atoms with Crippen molar-refractivity contribution in [3.8, 4) is 0 Å². The molecule has 3 nitrogen and oxygen atoms in total. The molecule has 0 bridgehead atoms. The summed E-state index contributed by atoms with van der Waals surface area (Å²) in [5.41, 5.74) is 2.08. The molecule has 0 fully saturated rings. The molecule has 0 unspecified atom stereocenters. The van der Waals surface area contributed by atoms with Crippen LogP contribution in [0.4, 0.5) is 0 Å². The summed E-state index contributed by atoms with van der Waals surface area (Å²) in [5.74, 6) is 0. The first kappa shape index (κ1) is 10.5. The molecule has 0 saturated heterocycles. The summed E-state index contributed by atoms with van der Waals surface area (Å²) in [4.78, 5) is 0. The molecule has 74 valence electrons. The monoisotopic (exact) mass is 191 g/mol. The smallest absolute Gasteiger partial charge is 0.112 e. The van der Waals surface area contributed by atoms with Crippen molar-refractivity contribution in [2.24, 2.45) is 5.16 Å². The quantitative estimate of drug-likeness (QED) is 0.328. The van der Waals surface area contributed by atoms with Gasteiger partial charge in [-0.05, 0) is 18.1 Å². The lowest BCUT2D eigenvalue weighted by Crippen LogP contribution is -2.06. The van der Waals surface area contributed by atoms with Gasteiger partial charge in [0, 0.05) is 5.56 Å². The minimum Gasteiger partial charge on any atom is -0.411 e. The number of hydrogen-bond donors (Lipinski definition) is 2. The lowest BCUT2D eigenvalue weighted by atomic mass is 10.1. The number of aliphatic hydroxyl groups is 1. The van der Waals surface area contributed by atoms with Gasteiger partial charge < -0.3 is 10.3 Å². The molecule has 0 aliphatic heterocycles. The Morgan fingerprint density at radius 2 is 2.29 bits per heavy atom. The highest BCUT2D eigenvalue weighted by Crippen LogP contribution is 2.07. The van der Waals surface area contributed by atoms with E-state index >= 15 is 0 Å². The van der Waals surface area contributed by atoms with Crippen LogP contribution in [0, 0.1) is 0 Å². The summed E-state index contributed by atoms with van der Waals surface area (Å²) in [6, 6.07) is 7.47. The standard InChI is InChI=1S/C11H13NO2/c1-2-4-9-5-3-6-10(7-9)11(8-13)12-14/h2-3,5-7,13-14H,1,4,8H2. The Kier molecular flexibility index (Phi) is 3.88. The maximum absolute atomic E-state index is 8.89. The van der Waals surface area contributed by atoms with Gasteiger partial charge >= 0.3 is 0 Å². The maximum Gasteiger partial charge on any atom is 0.112 e. The van der Waals surface area contributed by atoms with Crippen LogP contribution in [0.15, 0.2) is 42.1 Å². The maximum atomic E-state index is 8.89. The van der Waals surface area contributed by atoms with Crippen molar-refractivity contribution in [3.05, 3.63) is 48.0 Å². The molecule has 2 N–H and O–H groups in total. The van der Waals surface area contributed by atoms with Gasteiger partial charge in [0.2, 0.25) is 0 Å². The zero-order valence-electron chi connectivity index (χ0n) is 7.85. The number of nitrogens with zero attached hydrogens (tertiary/aromatic N) is 1. The Labute approximate surface area is 83.0 Å². The van der Waals surface area contributed by atoms with E-state index < -0.39 is 0 Å². The summed E-state index contributed by atoms with van der Waals surface area (Å²) in [5, 5.41) is 20.5. The summed E-state index contributed by atoms with van der Waals surface area (Å²) in [7, 11) is 0. The van der Waals surface area contributed by atoms with Crippen LogP contribution < -0.4 is 0 Å². The van der Waals surface area contributed by atoms with E-state index in [9.17, 15) is 0 Å². The third kappa shape index (κ3) is 2.44. The van der Waals surface area contributed by atoms with E-state index in [0.29, 0.717) is 0 Å². The van der Waals surface area contributed by atoms with Crippen LogP contribution in [0.5, 0.6) is 0 Å². The Morgan fingerprint density at radius 3 is 2.86 bits per heavy atom. The number of rotatable bonds is 4. The van der Waals surface area contributed by atoms with Crippen LogP contribution in [0.2, 0.25) is 0 Å². The third-order valence-electron chi connectivity index (χ3n) is 1.91. The van der Waals surface area contributed by atoms with Crippen molar-refractivity contribution < 1.29 is 10.3 Å². The number of benzene rings is 1. The van der Waals surface area contributed by atoms with Crippen molar-refractivity contribution in [1.29, 1.82) is 0 Å². The van der Waals surface area contributed by atoms with Crippen LogP contribution in [-0.2, 0) is 6.42 Å². The normalized spacial score (nSPS) is 11.4. The Hall–Kier alpha value is -1.61. The van der Waals surface area contributed by atoms with Gasteiger partial charge in [0.15, 0.2) is 0 Å². The molecule has 0 atom stereocenters. The van der Waals surface area contributed by atoms with Crippen LogP contribution in [0.3, 0.4) is 0 Å². The molecule has 0 amide bonds. The van der Waals surface area contributed by atoms with Crippen LogP contribution >= 0.6 is 0 Å².